The van der Waals surface area contributed by atoms with Crippen LogP contribution < -0.4 is 0 Å². The van der Waals surface area contributed by atoms with Gasteiger partial charge in [0.25, 0.3) is 0 Å². The highest BCUT2D eigenvalue weighted by Gasteiger charge is 2.06. The first-order valence-electron chi connectivity index (χ1n) is 2.93. The van der Waals surface area contributed by atoms with Crippen LogP contribution >= 0.6 is 0 Å². The van der Waals surface area contributed by atoms with E-state index in [2.05, 4.69) is 11.1 Å². The first-order chi connectivity index (χ1) is 3.93. The predicted molar refractivity (Wildman–Crippen MR) is 34.0 cm³/mol. The molecule has 0 N–H and O–H groups in total. The van der Waals surface area contributed by atoms with Gasteiger partial charge in [0.1, 0.15) is 9.68 Å². The fraction of sp³-hybridized carbons (Fsp3) is 1.00. The molecule has 0 atom stereocenters. The maximum Gasteiger partial charge on any atom is 0.138 e. The molecule has 2 radical (unpaired) electrons. The Morgan fingerprint density at radius 3 is 2.38 bits per heavy atom. The molecule has 1 saturated heterocycles. The van der Waals surface area contributed by atoms with E-state index in [4.69, 9.17) is 4.74 Å². The third-order valence-corrected chi connectivity index (χ3v) is 2.41. The molecule has 2 nitrogen and oxygen atoms in total. The molecule has 0 unspecified atom stereocenters. The van der Waals surface area contributed by atoms with Crippen LogP contribution in [0, 0.1) is 0 Å². The van der Waals surface area contributed by atoms with E-state index in [1.807, 2.05) is 0 Å². The molecule has 0 aromatic carbocycles. The van der Waals surface area contributed by atoms with Crippen molar-refractivity contribution in [2.45, 2.75) is 6.55 Å². The van der Waals surface area contributed by atoms with E-state index in [0.717, 1.165) is 36.0 Å². The summed E-state index contributed by atoms with van der Waals surface area (Å²) in [5.41, 5.74) is 0. The molecule has 1 heterocycles. The largest absolute Gasteiger partial charge is 0.379 e. The number of hydrogen-bond acceptors (Lipinski definition) is 2. The van der Waals surface area contributed by atoms with Gasteiger partial charge in [0.15, 0.2) is 0 Å². The van der Waals surface area contributed by atoms with Gasteiger partial charge in [-0.05, 0) is 0 Å². The van der Waals surface area contributed by atoms with Gasteiger partial charge in [-0.15, -0.1) is 0 Å². The van der Waals surface area contributed by atoms with Crippen molar-refractivity contribution in [3.05, 3.63) is 0 Å². The molecule has 0 aliphatic carbocycles. The van der Waals surface area contributed by atoms with Crippen LogP contribution in [-0.4, -0.2) is 40.5 Å². The lowest BCUT2D eigenvalue weighted by Gasteiger charge is -2.24. The second kappa shape index (κ2) is 3.22. The smallest absolute Gasteiger partial charge is 0.138 e. The topological polar surface area (TPSA) is 12.5 Å². The lowest BCUT2D eigenvalue weighted by Crippen LogP contribution is -2.37. The van der Waals surface area contributed by atoms with Crippen molar-refractivity contribution in [3.63, 3.8) is 0 Å². The van der Waals surface area contributed by atoms with Crippen LogP contribution in [-0.2, 0) is 4.74 Å². The van der Waals surface area contributed by atoms with Gasteiger partial charge in [-0.3, -0.25) is 0 Å². The average molecular weight is 129 g/mol. The van der Waals surface area contributed by atoms with E-state index in [1.54, 1.807) is 0 Å². The highest BCUT2D eigenvalue weighted by molar-refractivity contribution is 6.29. The van der Waals surface area contributed by atoms with Crippen LogP contribution in [0.1, 0.15) is 0 Å². The Labute approximate surface area is 52.7 Å². The van der Waals surface area contributed by atoms with E-state index in [9.17, 15) is 0 Å². The molecule has 1 aliphatic heterocycles. The molecule has 0 saturated carbocycles. The van der Waals surface area contributed by atoms with Crippen molar-refractivity contribution in [2.24, 2.45) is 0 Å². The van der Waals surface area contributed by atoms with Gasteiger partial charge in [-0.25, -0.2) is 0 Å². The van der Waals surface area contributed by atoms with Crippen molar-refractivity contribution in [1.82, 2.24) is 4.57 Å². The van der Waals surface area contributed by atoms with Crippen LogP contribution in [0.3, 0.4) is 0 Å². The first-order valence-corrected chi connectivity index (χ1v) is 4.38. The van der Waals surface area contributed by atoms with Gasteiger partial charge < -0.3 is 9.30 Å². The van der Waals surface area contributed by atoms with E-state index in [-0.39, 0.29) is 0 Å². The minimum Gasteiger partial charge on any atom is -0.379 e. The van der Waals surface area contributed by atoms with Gasteiger partial charge in [0, 0.05) is 13.1 Å². The third-order valence-electron chi connectivity index (χ3n) is 1.33. The molecule has 0 amide bonds. The minimum absolute atomic E-state index is 0.931. The lowest BCUT2D eigenvalue weighted by atomic mass is 10.5. The molecule has 0 spiro atoms. The SMILES string of the molecule is C[Si]N1CCOCC1. The zero-order chi connectivity index (χ0) is 5.82. The van der Waals surface area contributed by atoms with Crippen molar-refractivity contribution in [1.29, 1.82) is 0 Å². The fourth-order valence-corrected chi connectivity index (χ4v) is 1.42. The van der Waals surface area contributed by atoms with Gasteiger partial charge in [0.05, 0.1) is 13.2 Å². The minimum atomic E-state index is 0.931. The molecule has 46 valence electrons. The Morgan fingerprint density at radius 1 is 1.38 bits per heavy atom. The molecule has 0 aromatic rings. The number of rotatable bonds is 1. The fourth-order valence-electron chi connectivity index (χ4n) is 0.787. The van der Waals surface area contributed by atoms with Crippen LogP contribution in [0.25, 0.3) is 0 Å². The average Bonchev–Trinajstić information content (AvgIpc) is 1.90. The van der Waals surface area contributed by atoms with Crippen LogP contribution in [0.4, 0.5) is 0 Å². The van der Waals surface area contributed by atoms with Gasteiger partial charge in [-0.2, -0.15) is 0 Å². The zero-order valence-corrected chi connectivity index (χ0v) is 6.18. The molecule has 1 fully saturated rings. The summed E-state index contributed by atoms with van der Waals surface area (Å²) in [5, 5.41) is 0. The molecule has 8 heavy (non-hydrogen) atoms. The third kappa shape index (κ3) is 1.58. The summed E-state index contributed by atoms with van der Waals surface area (Å²) in [6.45, 7) is 6.34. The quantitative estimate of drug-likeness (QED) is 0.462. The summed E-state index contributed by atoms with van der Waals surface area (Å²) in [5.74, 6) is 0. The Hall–Kier alpha value is 0.137. The van der Waals surface area contributed by atoms with Gasteiger partial charge >= 0.3 is 0 Å². The lowest BCUT2D eigenvalue weighted by molar-refractivity contribution is 0.0726. The standard InChI is InChI=1S/C5H11NOSi/c1-8-6-2-4-7-5-3-6/h2-5H2,1H3. The second-order valence-corrected chi connectivity index (χ2v) is 2.90. The Balaban J connectivity index is 2.13. The molecule has 1 rings (SSSR count). The van der Waals surface area contributed by atoms with Crippen molar-refractivity contribution in [3.8, 4) is 0 Å². The molecule has 0 aromatic heterocycles. The summed E-state index contributed by atoms with van der Waals surface area (Å²) >= 11 is 0. The molecule has 0 bridgehead atoms. The molecule has 3 heteroatoms. The van der Waals surface area contributed by atoms with Crippen molar-refractivity contribution in [2.75, 3.05) is 26.3 Å². The van der Waals surface area contributed by atoms with E-state index in [0.29, 0.717) is 0 Å². The second-order valence-electron chi connectivity index (χ2n) is 1.82. The first kappa shape index (κ1) is 6.26. The number of ether oxygens (including phenoxy) is 1. The molecular weight excluding hydrogens is 118 g/mol. The van der Waals surface area contributed by atoms with Gasteiger partial charge in [0.2, 0.25) is 0 Å². The van der Waals surface area contributed by atoms with Crippen LogP contribution in [0.2, 0.25) is 6.55 Å². The molecular formula is C5H11NOSi. The Kier molecular flexibility index (Phi) is 2.52. The normalized spacial score (nSPS) is 23.6. The van der Waals surface area contributed by atoms with Crippen molar-refractivity contribution >= 4 is 9.68 Å². The number of nitrogens with zero attached hydrogens (tertiary/aromatic N) is 1. The zero-order valence-electron chi connectivity index (χ0n) is 5.18. The highest BCUT2D eigenvalue weighted by Crippen LogP contribution is 1.92. The van der Waals surface area contributed by atoms with Crippen molar-refractivity contribution < 1.29 is 4.74 Å². The number of hydrogen-bond donors (Lipinski definition) is 0. The Bertz CT molecular complexity index is 63.4. The maximum atomic E-state index is 5.16. The van der Waals surface area contributed by atoms with Crippen LogP contribution in [0.5, 0.6) is 0 Å². The number of morpholine rings is 1. The maximum absolute atomic E-state index is 5.16. The van der Waals surface area contributed by atoms with E-state index < -0.39 is 0 Å². The summed E-state index contributed by atoms with van der Waals surface area (Å²) in [6, 6.07) is 0. The van der Waals surface area contributed by atoms with E-state index in [1.165, 1.54) is 0 Å². The summed E-state index contributed by atoms with van der Waals surface area (Å²) in [7, 11) is 0.960. The monoisotopic (exact) mass is 129 g/mol. The summed E-state index contributed by atoms with van der Waals surface area (Å²) in [4.78, 5) is 0. The Morgan fingerprint density at radius 2 is 2.00 bits per heavy atom. The summed E-state index contributed by atoms with van der Waals surface area (Å²) in [6.07, 6.45) is 0. The molecule has 1 aliphatic rings. The summed E-state index contributed by atoms with van der Waals surface area (Å²) < 4.78 is 7.58. The predicted octanol–water partition coefficient (Wildman–Crippen LogP) is -0.0141. The van der Waals surface area contributed by atoms with E-state index >= 15 is 0 Å². The highest BCUT2D eigenvalue weighted by atomic mass is 28.2. The van der Waals surface area contributed by atoms with Crippen LogP contribution in [0.15, 0.2) is 0 Å². The van der Waals surface area contributed by atoms with Gasteiger partial charge in [-0.1, -0.05) is 6.55 Å².